The third kappa shape index (κ3) is 4.59. The first kappa shape index (κ1) is 22.9. The van der Waals surface area contributed by atoms with Gasteiger partial charge in [0, 0.05) is 5.70 Å². The molecule has 2 amide bonds. The highest BCUT2D eigenvalue weighted by Gasteiger charge is 2.38. The number of allylic oxidation sites excluding steroid dienone is 1. The number of nitriles is 1. The topological polar surface area (TPSA) is 82.4 Å². The highest BCUT2D eigenvalue weighted by molar-refractivity contribution is 6.03. The summed E-state index contributed by atoms with van der Waals surface area (Å²) in [5.74, 6) is -0.685. The first-order valence-corrected chi connectivity index (χ1v) is 9.83. The summed E-state index contributed by atoms with van der Waals surface area (Å²) in [5, 5.41) is 11.7. The van der Waals surface area contributed by atoms with E-state index in [0.29, 0.717) is 17.5 Å². The Balaban J connectivity index is 2.12. The number of halogens is 3. The molecule has 3 rings (SSSR count). The number of hydrogen-bond acceptors (Lipinski definition) is 4. The van der Waals surface area contributed by atoms with Crippen molar-refractivity contribution in [1.29, 1.82) is 5.26 Å². The van der Waals surface area contributed by atoms with E-state index in [1.165, 1.54) is 19.1 Å². The van der Waals surface area contributed by atoms with Crippen molar-refractivity contribution in [2.45, 2.75) is 32.5 Å². The molecule has 0 bridgehead atoms. The molecule has 2 aromatic carbocycles. The molecule has 0 aliphatic carbocycles. The first-order valence-electron chi connectivity index (χ1n) is 9.83. The van der Waals surface area contributed by atoms with Gasteiger partial charge in [0.1, 0.15) is 0 Å². The van der Waals surface area contributed by atoms with Gasteiger partial charge in [0.25, 0.3) is 0 Å². The van der Waals surface area contributed by atoms with Crippen molar-refractivity contribution in [2.24, 2.45) is 0 Å². The van der Waals surface area contributed by atoms with Gasteiger partial charge in [-0.15, -0.1) is 0 Å². The van der Waals surface area contributed by atoms with E-state index in [1.54, 1.807) is 24.3 Å². The molecular formula is C23H20F3N3O3. The second-order valence-corrected chi connectivity index (χ2v) is 7.13. The Labute approximate surface area is 182 Å². The van der Waals surface area contributed by atoms with Crippen molar-refractivity contribution in [3.63, 3.8) is 0 Å². The van der Waals surface area contributed by atoms with Crippen molar-refractivity contribution in [3.8, 4) is 6.07 Å². The normalized spacial score (nSPS) is 16.4. The molecule has 1 aliphatic heterocycles. The van der Waals surface area contributed by atoms with Gasteiger partial charge in [-0.3, -0.25) is 4.90 Å². The number of esters is 1. The largest absolute Gasteiger partial charge is 0.462 e. The number of anilines is 1. The Hall–Kier alpha value is -3.80. The van der Waals surface area contributed by atoms with E-state index < -0.39 is 29.8 Å². The lowest BCUT2D eigenvalue weighted by Gasteiger charge is -2.35. The van der Waals surface area contributed by atoms with Crippen LogP contribution in [0.1, 0.15) is 43.0 Å². The minimum absolute atomic E-state index is 0.0334. The molecule has 32 heavy (non-hydrogen) atoms. The second kappa shape index (κ2) is 9.14. The van der Waals surface area contributed by atoms with Crippen LogP contribution in [0.15, 0.2) is 59.8 Å². The maximum atomic E-state index is 13.2. The monoisotopic (exact) mass is 443 g/mol. The Morgan fingerprint density at radius 2 is 1.91 bits per heavy atom. The van der Waals surface area contributed by atoms with Crippen LogP contribution < -0.4 is 10.2 Å². The van der Waals surface area contributed by atoms with Crippen LogP contribution in [-0.2, 0) is 15.7 Å². The lowest BCUT2D eigenvalue weighted by Crippen LogP contribution is -2.48. The van der Waals surface area contributed by atoms with E-state index >= 15 is 0 Å². The van der Waals surface area contributed by atoms with E-state index in [1.807, 2.05) is 13.0 Å². The lowest BCUT2D eigenvalue weighted by molar-refractivity contribution is -0.139. The number of benzene rings is 2. The summed E-state index contributed by atoms with van der Waals surface area (Å²) >= 11 is 0. The number of hydrogen-bond donors (Lipinski definition) is 1. The fourth-order valence-electron chi connectivity index (χ4n) is 3.41. The average molecular weight is 443 g/mol. The molecule has 1 atom stereocenters. The number of carbonyl (C=O) groups is 2. The van der Waals surface area contributed by atoms with Crippen LogP contribution in [-0.4, -0.2) is 18.6 Å². The van der Waals surface area contributed by atoms with Crippen LogP contribution in [0.25, 0.3) is 0 Å². The van der Waals surface area contributed by atoms with Gasteiger partial charge in [-0.05, 0) is 49.2 Å². The number of amides is 2. The Bertz CT molecular complexity index is 1100. The standard InChI is InChI=1S/C23H20F3N3O3/c1-3-11-32-21(30)19-14(2)29(18-6-4-5-17(12-18)23(24,25)26)22(31)28-20(19)16-9-7-15(13-27)8-10-16/h4-10,12,20H,3,11H2,1-2H3,(H,28,31). The fraction of sp³-hybridized carbons (Fsp3) is 0.261. The molecule has 1 N–H and O–H groups in total. The lowest BCUT2D eigenvalue weighted by atomic mass is 9.94. The van der Waals surface area contributed by atoms with E-state index in [2.05, 4.69) is 5.32 Å². The summed E-state index contributed by atoms with van der Waals surface area (Å²) in [5.41, 5.74) is 0.235. The molecule has 6 nitrogen and oxygen atoms in total. The maximum absolute atomic E-state index is 13.2. The molecule has 9 heteroatoms. The van der Waals surface area contributed by atoms with Gasteiger partial charge in [-0.25, -0.2) is 9.59 Å². The van der Waals surface area contributed by atoms with Crippen LogP contribution in [0, 0.1) is 11.3 Å². The van der Waals surface area contributed by atoms with Gasteiger partial charge in [0.05, 0.1) is 41.1 Å². The molecule has 0 spiro atoms. The number of urea groups is 1. The molecule has 166 valence electrons. The molecular weight excluding hydrogens is 423 g/mol. The zero-order valence-electron chi connectivity index (χ0n) is 17.4. The number of rotatable bonds is 5. The minimum atomic E-state index is -4.59. The number of alkyl halides is 3. The molecule has 0 radical (unpaired) electrons. The maximum Gasteiger partial charge on any atom is 0.416 e. The summed E-state index contributed by atoms with van der Waals surface area (Å²) in [6, 6.07) is 11.0. The van der Waals surface area contributed by atoms with Gasteiger partial charge in [-0.2, -0.15) is 18.4 Å². The highest BCUT2D eigenvalue weighted by Crippen LogP contribution is 2.37. The summed E-state index contributed by atoms with van der Waals surface area (Å²) in [6.45, 7) is 3.45. The molecule has 1 heterocycles. The van der Waals surface area contributed by atoms with E-state index in [-0.39, 0.29) is 23.6 Å². The zero-order chi connectivity index (χ0) is 23.5. The Morgan fingerprint density at radius 1 is 1.22 bits per heavy atom. The summed E-state index contributed by atoms with van der Waals surface area (Å²) in [6.07, 6.45) is -4.02. The summed E-state index contributed by atoms with van der Waals surface area (Å²) in [7, 11) is 0. The SMILES string of the molecule is CCCOC(=O)C1=C(C)N(c2cccc(C(F)(F)F)c2)C(=O)NC1c1ccc(C#N)cc1. The number of nitrogens with zero attached hydrogens (tertiary/aromatic N) is 2. The van der Waals surface area contributed by atoms with Gasteiger partial charge in [0.15, 0.2) is 0 Å². The zero-order valence-corrected chi connectivity index (χ0v) is 17.4. The first-order chi connectivity index (χ1) is 15.2. The predicted octanol–water partition coefficient (Wildman–Crippen LogP) is 5.08. The molecule has 0 aromatic heterocycles. The second-order valence-electron chi connectivity index (χ2n) is 7.13. The highest BCUT2D eigenvalue weighted by atomic mass is 19.4. The van der Waals surface area contributed by atoms with Crippen molar-refractivity contribution in [1.82, 2.24) is 5.32 Å². The smallest absolute Gasteiger partial charge is 0.416 e. The number of ether oxygens (including phenoxy) is 1. The molecule has 1 aliphatic rings. The van der Waals surface area contributed by atoms with Crippen LogP contribution in [0.2, 0.25) is 0 Å². The molecule has 1 unspecified atom stereocenters. The predicted molar refractivity (Wildman–Crippen MR) is 110 cm³/mol. The van der Waals surface area contributed by atoms with E-state index in [4.69, 9.17) is 10.00 Å². The van der Waals surface area contributed by atoms with Gasteiger partial charge < -0.3 is 10.1 Å². The van der Waals surface area contributed by atoms with Crippen LogP contribution in [0.5, 0.6) is 0 Å². The molecule has 0 saturated heterocycles. The molecule has 2 aromatic rings. The van der Waals surface area contributed by atoms with E-state index in [0.717, 1.165) is 17.0 Å². The van der Waals surface area contributed by atoms with Gasteiger partial charge in [-0.1, -0.05) is 25.1 Å². The average Bonchev–Trinajstić information content (AvgIpc) is 2.76. The molecule has 0 fully saturated rings. The van der Waals surface area contributed by atoms with Gasteiger partial charge in [0.2, 0.25) is 0 Å². The summed E-state index contributed by atoms with van der Waals surface area (Å²) < 4.78 is 44.9. The third-order valence-electron chi connectivity index (χ3n) is 4.95. The van der Waals surface area contributed by atoms with Gasteiger partial charge >= 0.3 is 18.2 Å². The Morgan fingerprint density at radius 3 is 2.50 bits per heavy atom. The van der Waals surface area contributed by atoms with Crippen LogP contribution >= 0.6 is 0 Å². The number of nitrogens with one attached hydrogen (secondary N) is 1. The fourth-order valence-corrected chi connectivity index (χ4v) is 3.41. The Kier molecular flexibility index (Phi) is 6.53. The molecule has 0 saturated carbocycles. The minimum Gasteiger partial charge on any atom is -0.462 e. The van der Waals surface area contributed by atoms with Crippen molar-refractivity contribution in [3.05, 3.63) is 76.5 Å². The van der Waals surface area contributed by atoms with Crippen molar-refractivity contribution < 1.29 is 27.5 Å². The van der Waals surface area contributed by atoms with Crippen LogP contribution in [0.3, 0.4) is 0 Å². The third-order valence-corrected chi connectivity index (χ3v) is 4.95. The van der Waals surface area contributed by atoms with E-state index in [9.17, 15) is 22.8 Å². The quantitative estimate of drug-likeness (QED) is 0.654. The van der Waals surface area contributed by atoms with Crippen molar-refractivity contribution >= 4 is 17.7 Å². The number of carbonyl (C=O) groups excluding carboxylic acids is 2. The van der Waals surface area contributed by atoms with Crippen molar-refractivity contribution in [2.75, 3.05) is 11.5 Å². The van der Waals surface area contributed by atoms with Crippen LogP contribution in [0.4, 0.5) is 23.7 Å². The summed E-state index contributed by atoms with van der Waals surface area (Å²) in [4.78, 5) is 26.9.